The normalized spacial score (nSPS) is 10.2. The Morgan fingerprint density at radius 1 is 1.45 bits per heavy atom. The van der Waals surface area contributed by atoms with Gasteiger partial charge in [-0.15, -0.1) is 0 Å². The third-order valence-electron chi connectivity index (χ3n) is 2.55. The summed E-state index contributed by atoms with van der Waals surface area (Å²) in [6.07, 6.45) is 7.02. The maximum absolute atomic E-state index is 12.3. The molecule has 0 bridgehead atoms. The first kappa shape index (κ1) is 16.1. The van der Waals surface area contributed by atoms with Gasteiger partial charge in [-0.05, 0) is 30.5 Å². The average Bonchev–Trinajstić information content (AvgIpc) is 2.35. The number of amides is 1. The molecule has 0 atom stereocenters. The second kappa shape index (κ2) is 6.97. The van der Waals surface area contributed by atoms with Crippen LogP contribution in [0.25, 0.3) is 0 Å². The van der Waals surface area contributed by atoms with Crippen LogP contribution in [-0.2, 0) is 4.79 Å². The molecule has 4 nitrogen and oxygen atoms in total. The number of nitrogens with zero attached hydrogens (tertiary/aromatic N) is 1. The van der Waals surface area contributed by atoms with Gasteiger partial charge in [0, 0.05) is 17.7 Å². The summed E-state index contributed by atoms with van der Waals surface area (Å²) in [5.41, 5.74) is 0.688. The van der Waals surface area contributed by atoms with E-state index in [1.165, 1.54) is 23.1 Å². The second-order valence-corrected chi connectivity index (χ2v) is 5.20. The fourth-order valence-electron chi connectivity index (χ4n) is 1.76. The van der Waals surface area contributed by atoms with Crippen molar-refractivity contribution in [3.63, 3.8) is 0 Å². The Hall–Kier alpha value is -1.99. The maximum Gasteiger partial charge on any atom is 0.323 e. The quantitative estimate of drug-likeness (QED) is 0.848. The topological polar surface area (TPSA) is 57.6 Å². The lowest BCUT2D eigenvalue weighted by Crippen LogP contribution is -2.38. The van der Waals surface area contributed by atoms with Crippen LogP contribution in [0, 0.1) is 18.3 Å². The van der Waals surface area contributed by atoms with E-state index in [1.54, 1.807) is 0 Å². The van der Waals surface area contributed by atoms with Crippen molar-refractivity contribution in [1.82, 2.24) is 4.90 Å². The predicted molar refractivity (Wildman–Crippen MR) is 76.1 cm³/mol. The zero-order chi connectivity index (χ0) is 15.3. The number of halogens is 1. The van der Waals surface area contributed by atoms with Crippen molar-refractivity contribution in [2.45, 2.75) is 13.8 Å². The van der Waals surface area contributed by atoms with Gasteiger partial charge in [0.05, 0.1) is 5.02 Å². The molecule has 20 heavy (non-hydrogen) atoms. The summed E-state index contributed by atoms with van der Waals surface area (Å²) in [6.45, 7) is 3.80. The van der Waals surface area contributed by atoms with Gasteiger partial charge in [0.25, 0.3) is 5.91 Å². The third kappa shape index (κ3) is 4.29. The van der Waals surface area contributed by atoms with Crippen molar-refractivity contribution in [2.24, 2.45) is 5.92 Å². The van der Waals surface area contributed by atoms with E-state index in [2.05, 4.69) is 5.92 Å². The van der Waals surface area contributed by atoms with Gasteiger partial charge in [0.15, 0.2) is 0 Å². The van der Waals surface area contributed by atoms with E-state index >= 15 is 0 Å². The van der Waals surface area contributed by atoms with Gasteiger partial charge in [0.1, 0.15) is 6.54 Å². The number of carbonyl (C=O) groups is 2. The minimum atomic E-state index is -1.06. The highest BCUT2D eigenvalue weighted by molar-refractivity contribution is 6.32. The van der Waals surface area contributed by atoms with Crippen LogP contribution in [0.5, 0.6) is 0 Å². The maximum atomic E-state index is 12.3. The van der Waals surface area contributed by atoms with Crippen molar-refractivity contribution in [1.29, 1.82) is 0 Å². The van der Waals surface area contributed by atoms with E-state index < -0.39 is 5.97 Å². The van der Waals surface area contributed by atoms with Gasteiger partial charge in [-0.2, -0.15) is 0 Å². The molecule has 105 valence electrons. The molecule has 1 aromatic rings. The van der Waals surface area contributed by atoms with Gasteiger partial charge >= 0.3 is 5.97 Å². The highest BCUT2D eigenvalue weighted by Crippen LogP contribution is 2.18. The number of aliphatic carboxylic acids is 1. The highest BCUT2D eigenvalue weighted by Gasteiger charge is 2.20. The minimum absolute atomic E-state index is 0.156. The van der Waals surface area contributed by atoms with Crippen molar-refractivity contribution < 1.29 is 14.7 Å². The van der Waals surface area contributed by atoms with Crippen LogP contribution in [0.15, 0.2) is 18.2 Å². The fraction of sp³-hybridized carbons (Fsp3) is 0.333. The first-order valence-electron chi connectivity index (χ1n) is 6.08. The van der Waals surface area contributed by atoms with Crippen molar-refractivity contribution >= 4 is 23.5 Å². The molecule has 5 heteroatoms. The van der Waals surface area contributed by atoms with Gasteiger partial charge < -0.3 is 10.0 Å². The van der Waals surface area contributed by atoms with E-state index in [-0.39, 0.29) is 23.4 Å². The van der Waals surface area contributed by atoms with Crippen LogP contribution in [-0.4, -0.2) is 35.0 Å². The molecule has 1 aromatic carbocycles. The van der Waals surface area contributed by atoms with Gasteiger partial charge in [-0.1, -0.05) is 31.4 Å². The molecule has 0 saturated carbocycles. The molecule has 0 aliphatic heterocycles. The summed E-state index contributed by atoms with van der Waals surface area (Å²) in [6, 6.07) is 4.45. The standard InChI is InChI=1S/C15H15ClNO3/c1-4-11-5-6-12(7-13(11)16)15(20)17(8-10(2)3)9-14(18)19/h5-7,10H,8-9H2,2-3H3,(H,18,19). The molecule has 1 rings (SSSR count). The zero-order valence-electron chi connectivity index (χ0n) is 11.3. The number of hydrogen-bond donors (Lipinski definition) is 1. The molecule has 0 spiro atoms. The molecule has 0 fully saturated rings. The van der Waals surface area contributed by atoms with Crippen molar-refractivity contribution in [3.05, 3.63) is 40.8 Å². The van der Waals surface area contributed by atoms with Crippen LogP contribution in [0.1, 0.15) is 29.8 Å². The number of hydrogen-bond acceptors (Lipinski definition) is 2. The summed E-state index contributed by atoms with van der Waals surface area (Å²) < 4.78 is 0. The Morgan fingerprint density at radius 3 is 2.55 bits per heavy atom. The molecular weight excluding hydrogens is 278 g/mol. The number of rotatable bonds is 5. The van der Waals surface area contributed by atoms with Crippen LogP contribution >= 0.6 is 11.6 Å². The number of benzene rings is 1. The third-order valence-corrected chi connectivity index (χ3v) is 2.86. The van der Waals surface area contributed by atoms with Crippen LogP contribution < -0.4 is 0 Å². The molecule has 0 unspecified atom stereocenters. The lowest BCUT2D eigenvalue weighted by atomic mass is 10.1. The van der Waals surface area contributed by atoms with Crippen LogP contribution in [0.4, 0.5) is 0 Å². The second-order valence-electron chi connectivity index (χ2n) is 4.79. The smallest absolute Gasteiger partial charge is 0.323 e. The first-order valence-corrected chi connectivity index (χ1v) is 6.46. The molecule has 0 aliphatic carbocycles. The Morgan fingerprint density at radius 2 is 2.10 bits per heavy atom. The lowest BCUT2D eigenvalue weighted by molar-refractivity contribution is -0.137. The predicted octanol–water partition coefficient (Wildman–Crippen LogP) is 2.46. The molecule has 0 heterocycles. The zero-order valence-corrected chi connectivity index (χ0v) is 12.1. The van der Waals surface area contributed by atoms with E-state index in [9.17, 15) is 9.59 Å². The van der Waals surface area contributed by atoms with Crippen molar-refractivity contribution in [2.75, 3.05) is 13.1 Å². The van der Waals surface area contributed by atoms with Crippen LogP contribution in [0.2, 0.25) is 5.02 Å². The monoisotopic (exact) mass is 292 g/mol. The van der Waals surface area contributed by atoms with Crippen LogP contribution in [0.3, 0.4) is 0 Å². The van der Waals surface area contributed by atoms with Gasteiger partial charge in [-0.3, -0.25) is 9.59 Å². The molecule has 1 radical (unpaired) electrons. The first-order chi connectivity index (χ1) is 9.35. The largest absolute Gasteiger partial charge is 0.480 e. The lowest BCUT2D eigenvalue weighted by Gasteiger charge is -2.23. The SMILES string of the molecule is [C]#Cc1ccc(C(=O)N(CC(=O)O)CC(C)C)cc1Cl. The molecular formula is C15H15ClNO3. The van der Waals surface area contributed by atoms with E-state index in [0.29, 0.717) is 17.7 Å². The Kier molecular flexibility index (Phi) is 5.60. The van der Waals surface area contributed by atoms with Gasteiger partial charge in [0.2, 0.25) is 0 Å². The summed E-state index contributed by atoms with van der Waals surface area (Å²) in [5.74, 6) is 0.860. The van der Waals surface area contributed by atoms with E-state index in [4.69, 9.17) is 23.1 Å². The summed E-state index contributed by atoms with van der Waals surface area (Å²) in [5, 5.41) is 9.12. The molecule has 1 amide bonds. The summed E-state index contributed by atoms with van der Waals surface area (Å²) in [4.78, 5) is 24.4. The van der Waals surface area contributed by atoms with E-state index in [1.807, 2.05) is 13.8 Å². The van der Waals surface area contributed by atoms with Gasteiger partial charge in [-0.25, -0.2) is 0 Å². The Labute approximate surface area is 123 Å². The molecule has 0 saturated heterocycles. The molecule has 1 N–H and O–H groups in total. The number of carbonyl (C=O) groups excluding carboxylic acids is 1. The highest BCUT2D eigenvalue weighted by atomic mass is 35.5. The summed E-state index contributed by atoms with van der Waals surface area (Å²) >= 11 is 5.92. The number of carboxylic acid groups (broad SMARTS) is 1. The average molecular weight is 293 g/mol. The van der Waals surface area contributed by atoms with E-state index in [0.717, 1.165) is 0 Å². The van der Waals surface area contributed by atoms with Crippen molar-refractivity contribution in [3.8, 4) is 5.92 Å². The summed E-state index contributed by atoms with van der Waals surface area (Å²) in [7, 11) is 0. The molecule has 0 aromatic heterocycles. The minimum Gasteiger partial charge on any atom is -0.480 e. The Balaban J connectivity index is 3.02. The molecule has 0 aliphatic rings. The Bertz CT molecular complexity index is 561. The fourth-order valence-corrected chi connectivity index (χ4v) is 1.98. The number of carboxylic acids is 1.